The Kier molecular flexibility index (Phi) is 8.60. The van der Waals surface area contributed by atoms with Crippen molar-refractivity contribution in [2.45, 2.75) is 44.6 Å². The number of hydrogen-bond donors (Lipinski definition) is 2. The first-order valence-corrected chi connectivity index (χ1v) is 15.8. The van der Waals surface area contributed by atoms with Gasteiger partial charge >= 0.3 is 0 Å². The average Bonchev–Trinajstić information content (AvgIpc) is 2.99. The van der Waals surface area contributed by atoms with Gasteiger partial charge in [-0.3, -0.25) is 4.90 Å². The van der Waals surface area contributed by atoms with Gasteiger partial charge in [0.15, 0.2) is 4.90 Å². The van der Waals surface area contributed by atoms with Gasteiger partial charge in [-0.25, -0.2) is 9.97 Å². The van der Waals surface area contributed by atoms with Crippen LogP contribution in [-0.2, 0) is 24.3 Å². The number of rotatable bonds is 4. The highest BCUT2D eigenvalue weighted by atomic mass is 32.2. The monoisotopic (exact) mass is 582 g/mol. The van der Waals surface area contributed by atoms with E-state index in [0.29, 0.717) is 30.3 Å². The predicted molar refractivity (Wildman–Crippen MR) is 168 cm³/mol. The summed E-state index contributed by atoms with van der Waals surface area (Å²) < 4.78 is 22.9. The molecule has 0 spiro atoms. The molecular weight excluding hydrogens is 544 g/mol. The molecule has 42 heavy (non-hydrogen) atoms. The zero-order chi connectivity index (χ0) is 29.1. The average molecular weight is 583 g/mol. The Labute approximate surface area is 251 Å². The molecule has 218 valence electrons. The van der Waals surface area contributed by atoms with Gasteiger partial charge in [0.25, 0.3) is 5.95 Å². The van der Waals surface area contributed by atoms with E-state index in [0.717, 1.165) is 72.0 Å². The highest BCUT2D eigenvalue weighted by Gasteiger charge is 2.30. The molecule has 2 unspecified atom stereocenters. The summed E-state index contributed by atoms with van der Waals surface area (Å²) in [5.74, 6) is 2.53. The maximum Gasteiger partial charge on any atom is 0.269 e. The number of hydrogen-bond acceptors (Lipinski definition) is 8. The van der Waals surface area contributed by atoms with E-state index < -0.39 is 11.4 Å². The van der Waals surface area contributed by atoms with Crippen molar-refractivity contribution in [3.05, 3.63) is 89.1 Å². The van der Waals surface area contributed by atoms with Crippen LogP contribution in [-0.4, -0.2) is 51.1 Å². The number of piperidine rings is 1. The van der Waals surface area contributed by atoms with Crippen molar-refractivity contribution >= 4 is 23.1 Å². The predicted octanol–water partition coefficient (Wildman–Crippen LogP) is 5.80. The minimum Gasteiger partial charge on any atom is -0.588 e. The van der Waals surface area contributed by atoms with Gasteiger partial charge in [0.1, 0.15) is 17.2 Å². The molecule has 4 bridgehead atoms. The summed E-state index contributed by atoms with van der Waals surface area (Å²) in [4.78, 5) is 17.2. The summed E-state index contributed by atoms with van der Waals surface area (Å²) in [6.07, 6.45) is 5.07. The van der Waals surface area contributed by atoms with Crippen LogP contribution in [0.25, 0.3) is 11.3 Å². The maximum atomic E-state index is 13.4. The maximum absolute atomic E-state index is 13.4. The van der Waals surface area contributed by atoms with Crippen LogP contribution >= 0.6 is 0 Å². The molecule has 9 heteroatoms. The van der Waals surface area contributed by atoms with Gasteiger partial charge in [-0.1, -0.05) is 36.4 Å². The van der Waals surface area contributed by atoms with E-state index >= 15 is 0 Å². The Balaban J connectivity index is 1.31. The molecule has 2 N–H and O–H groups in total. The van der Waals surface area contributed by atoms with Gasteiger partial charge in [-0.15, -0.1) is 0 Å². The topological polar surface area (TPSA) is 98.3 Å². The normalized spacial score (nSPS) is 20.9. The number of benzene rings is 2. The summed E-state index contributed by atoms with van der Waals surface area (Å²) in [5.41, 5.74) is 6.45. The smallest absolute Gasteiger partial charge is 0.269 e. The molecule has 6 rings (SSSR count). The lowest BCUT2D eigenvalue weighted by Gasteiger charge is -2.38. The molecule has 0 amide bonds. The second-order valence-corrected chi connectivity index (χ2v) is 12.6. The standard InChI is InChI=1S/C33H38N6O2S/c1-22-6-4-7-23(2)32(22)29-17-31-37-33(36-29)38-42(40)28-9-5-8-24(16-28)10-12-26-14-15-39(20-27(26)21-41-31)19-25-11-13-30(34-3)35-18-25/h4-9,11,13,16-18,26-27H,10,12,14-15,19-21H2,1-3H3,(H,34,35)(H,36,37,38)/t26?,27-,42?/m1/s1. The Bertz CT molecular complexity index is 1510. The largest absolute Gasteiger partial charge is 0.588 e. The van der Waals surface area contributed by atoms with E-state index in [1.54, 1.807) is 0 Å². The van der Waals surface area contributed by atoms with Crippen molar-refractivity contribution in [3.8, 4) is 17.1 Å². The fourth-order valence-electron chi connectivity index (χ4n) is 6.19. The first kappa shape index (κ1) is 28.5. The molecule has 4 heterocycles. The number of fused-ring (bicyclic) bond motifs is 5. The number of pyridine rings is 1. The van der Waals surface area contributed by atoms with Crippen molar-refractivity contribution in [3.63, 3.8) is 0 Å². The van der Waals surface area contributed by atoms with Crippen LogP contribution in [0.15, 0.2) is 71.8 Å². The van der Waals surface area contributed by atoms with Crippen LogP contribution in [0.5, 0.6) is 5.88 Å². The zero-order valence-electron chi connectivity index (χ0n) is 24.5. The summed E-state index contributed by atoms with van der Waals surface area (Å²) in [6.45, 7) is 7.57. The lowest BCUT2D eigenvalue weighted by molar-refractivity contribution is 0.0707. The molecule has 2 aliphatic heterocycles. The first-order valence-electron chi connectivity index (χ1n) is 14.7. The molecule has 4 aromatic rings. The summed E-state index contributed by atoms with van der Waals surface area (Å²) >= 11 is -1.50. The summed E-state index contributed by atoms with van der Waals surface area (Å²) in [6, 6.07) is 20.4. The summed E-state index contributed by atoms with van der Waals surface area (Å²) in [7, 11) is 1.89. The Hall–Kier alpha value is -3.66. The molecule has 8 nitrogen and oxygen atoms in total. The molecule has 0 aliphatic carbocycles. The first-order chi connectivity index (χ1) is 20.4. The van der Waals surface area contributed by atoms with E-state index in [-0.39, 0.29) is 0 Å². The van der Waals surface area contributed by atoms with Gasteiger partial charge < -0.3 is 14.6 Å². The molecule has 0 radical (unpaired) electrons. The molecule has 2 aromatic heterocycles. The number of aryl methyl sites for hydroxylation is 3. The van der Waals surface area contributed by atoms with Crippen molar-refractivity contribution in [2.24, 2.45) is 11.8 Å². The van der Waals surface area contributed by atoms with E-state index in [2.05, 4.69) is 63.0 Å². The van der Waals surface area contributed by atoms with Crippen LogP contribution in [0, 0.1) is 25.7 Å². The van der Waals surface area contributed by atoms with E-state index in [4.69, 9.17) is 9.72 Å². The number of ether oxygens (including phenoxy) is 1. The van der Waals surface area contributed by atoms with Crippen LogP contribution in [0.3, 0.4) is 0 Å². The second-order valence-electron chi connectivity index (χ2n) is 11.4. The highest BCUT2D eigenvalue weighted by Crippen LogP contribution is 2.33. The SMILES string of the molecule is CNc1ccc(CN2CCC3CCc4cccc(c4)[S+]([O-])Nc4nc(cc(-c5c(C)cccc5C)n4)OC[C@H]3C2)cn1. The molecule has 2 aliphatic rings. The third-order valence-corrected chi connectivity index (χ3v) is 9.50. The van der Waals surface area contributed by atoms with Crippen LogP contribution in [0.1, 0.15) is 35.1 Å². The molecule has 3 atom stereocenters. The van der Waals surface area contributed by atoms with Crippen LogP contribution < -0.4 is 14.8 Å². The quantitative estimate of drug-likeness (QED) is 0.292. The van der Waals surface area contributed by atoms with Gasteiger partial charge in [0, 0.05) is 43.9 Å². The lowest BCUT2D eigenvalue weighted by atomic mass is 9.82. The third-order valence-electron chi connectivity index (χ3n) is 8.45. The number of nitrogens with zero attached hydrogens (tertiary/aromatic N) is 4. The Morgan fingerprint density at radius 3 is 2.64 bits per heavy atom. The Morgan fingerprint density at radius 2 is 1.86 bits per heavy atom. The summed E-state index contributed by atoms with van der Waals surface area (Å²) in [5, 5.41) is 3.09. The van der Waals surface area contributed by atoms with E-state index in [1.165, 1.54) is 11.1 Å². The second kappa shape index (κ2) is 12.7. The molecule has 2 aromatic carbocycles. The molecule has 0 saturated carbocycles. The van der Waals surface area contributed by atoms with Crippen LogP contribution in [0.4, 0.5) is 11.8 Å². The van der Waals surface area contributed by atoms with Crippen molar-refractivity contribution in [2.75, 3.05) is 36.8 Å². The number of aromatic nitrogens is 3. The molecular formula is C33H38N6O2S. The number of likely N-dealkylation sites (tertiary alicyclic amines) is 1. The van der Waals surface area contributed by atoms with Gasteiger partial charge in [-0.2, -0.15) is 9.71 Å². The number of anilines is 2. The fourth-order valence-corrected chi connectivity index (χ4v) is 7.02. The van der Waals surface area contributed by atoms with E-state index in [9.17, 15) is 4.55 Å². The number of nitrogens with one attached hydrogen (secondary N) is 2. The highest BCUT2D eigenvalue weighted by molar-refractivity contribution is 7.92. The fraction of sp³-hybridized carbons (Fsp3) is 0.364. The Morgan fingerprint density at radius 1 is 1.02 bits per heavy atom. The van der Waals surface area contributed by atoms with Gasteiger partial charge in [0.2, 0.25) is 5.88 Å². The van der Waals surface area contributed by atoms with E-state index in [1.807, 2.05) is 49.6 Å². The van der Waals surface area contributed by atoms with Crippen LogP contribution in [0.2, 0.25) is 0 Å². The van der Waals surface area contributed by atoms with Crippen molar-refractivity contribution < 1.29 is 9.29 Å². The minimum absolute atomic E-state index is 0.297. The van der Waals surface area contributed by atoms with Crippen molar-refractivity contribution in [1.82, 2.24) is 19.9 Å². The minimum atomic E-state index is -1.50. The molecule has 1 fully saturated rings. The third kappa shape index (κ3) is 6.53. The van der Waals surface area contributed by atoms with Gasteiger partial charge in [0.05, 0.1) is 12.3 Å². The molecule has 1 saturated heterocycles. The zero-order valence-corrected chi connectivity index (χ0v) is 25.3. The lowest BCUT2D eigenvalue weighted by Crippen LogP contribution is -2.42. The van der Waals surface area contributed by atoms with Crippen molar-refractivity contribution in [1.29, 1.82) is 0 Å². The van der Waals surface area contributed by atoms with Gasteiger partial charge in [-0.05, 0) is 86.0 Å².